The number of rotatable bonds is 2. The second-order valence-corrected chi connectivity index (χ2v) is 5.99. The summed E-state index contributed by atoms with van der Waals surface area (Å²) in [7, 11) is 0. The monoisotopic (exact) mass is 417 g/mol. The maximum Gasteiger partial charge on any atom is 0.434 e. The van der Waals surface area contributed by atoms with Gasteiger partial charge in [0.2, 0.25) is 0 Å². The molecule has 0 aliphatic carbocycles. The molecule has 0 atom stereocenters. The Hall–Kier alpha value is -2.29. The largest absolute Gasteiger partial charge is 0.434 e. The van der Waals surface area contributed by atoms with Crippen LogP contribution < -0.4 is 5.32 Å². The topological polar surface area (TPSA) is 37.8 Å². The number of hydrogen-bond acceptors (Lipinski definition) is 3. The second-order valence-electron chi connectivity index (χ2n) is 5.20. The van der Waals surface area contributed by atoms with Gasteiger partial charge in [0, 0.05) is 11.6 Å². The zero-order chi connectivity index (χ0) is 18.4. The molecular formula is C16H9BrF5N3. The average Bonchev–Trinajstić information content (AvgIpc) is 2.53. The van der Waals surface area contributed by atoms with E-state index in [0.29, 0.717) is 16.8 Å². The molecule has 0 bridgehead atoms. The first kappa shape index (κ1) is 17.5. The minimum absolute atomic E-state index is 0.120. The van der Waals surface area contributed by atoms with Crippen LogP contribution >= 0.6 is 15.9 Å². The van der Waals surface area contributed by atoms with Crippen molar-refractivity contribution < 1.29 is 22.0 Å². The maximum absolute atomic E-state index is 13.8. The number of halogens is 6. The lowest BCUT2D eigenvalue weighted by atomic mass is 10.1. The third kappa shape index (κ3) is 3.28. The summed E-state index contributed by atoms with van der Waals surface area (Å²) in [6.07, 6.45) is -3.59. The van der Waals surface area contributed by atoms with E-state index in [9.17, 15) is 22.0 Å². The van der Waals surface area contributed by atoms with Gasteiger partial charge in [-0.05, 0) is 47.1 Å². The van der Waals surface area contributed by atoms with Crippen molar-refractivity contribution >= 4 is 38.2 Å². The molecule has 0 unspecified atom stereocenters. The van der Waals surface area contributed by atoms with Crippen molar-refractivity contribution in [1.29, 1.82) is 0 Å². The van der Waals surface area contributed by atoms with Crippen LogP contribution in [0.2, 0.25) is 0 Å². The smallest absolute Gasteiger partial charge is 0.353 e. The van der Waals surface area contributed by atoms with E-state index in [2.05, 4.69) is 31.2 Å². The number of aromatic nitrogens is 2. The molecule has 0 spiro atoms. The molecule has 130 valence electrons. The highest BCUT2D eigenvalue weighted by atomic mass is 79.9. The number of aryl methyl sites for hydroxylation is 1. The standard InChI is InChI=1S/C16H9BrF5N3/c1-7-11(6-8-2-3-9(18)13(19)14(8)24-7)25-10-4-5-23-15(12(10)17)16(20,21)22/h2-6H,1H3,(H,23,25). The minimum atomic E-state index is -4.62. The molecule has 0 radical (unpaired) electrons. The van der Waals surface area contributed by atoms with Gasteiger partial charge in [0.05, 0.1) is 21.5 Å². The molecule has 0 aliphatic heterocycles. The molecule has 0 aliphatic rings. The number of nitrogens with zero attached hydrogens (tertiary/aromatic N) is 2. The summed E-state index contributed by atoms with van der Waals surface area (Å²) >= 11 is 2.89. The predicted octanol–water partition coefficient (Wildman–Crippen LogP) is 5.74. The van der Waals surface area contributed by atoms with Crippen molar-refractivity contribution in [3.8, 4) is 0 Å². The van der Waals surface area contributed by atoms with Crippen molar-refractivity contribution in [1.82, 2.24) is 9.97 Å². The molecule has 3 aromatic rings. The summed E-state index contributed by atoms with van der Waals surface area (Å²) in [4.78, 5) is 7.33. The summed E-state index contributed by atoms with van der Waals surface area (Å²) in [5.74, 6) is -2.09. The van der Waals surface area contributed by atoms with Gasteiger partial charge in [-0.2, -0.15) is 13.2 Å². The lowest BCUT2D eigenvalue weighted by Crippen LogP contribution is -2.10. The summed E-state index contributed by atoms with van der Waals surface area (Å²) in [5, 5.41) is 3.13. The Balaban J connectivity index is 2.07. The van der Waals surface area contributed by atoms with Gasteiger partial charge in [0.1, 0.15) is 5.52 Å². The number of anilines is 2. The first-order chi connectivity index (χ1) is 11.7. The molecule has 0 fully saturated rings. The third-order valence-electron chi connectivity index (χ3n) is 3.50. The van der Waals surface area contributed by atoms with Gasteiger partial charge in [-0.1, -0.05) is 0 Å². The van der Waals surface area contributed by atoms with Crippen molar-refractivity contribution in [3.05, 3.63) is 58.0 Å². The van der Waals surface area contributed by atoms with E-state index in [1.165, 1.54) is 25.1 Å². The van der Waals surface area contributed by atoms with Crippen molar-refractivity contribution in [2.45, 2.75) is 13.1 Å². The van der Waals surface area contributed by atoms with Crippen LogP contribution in [0.3, 0.4) is 0 Å². The molecule has 0 saturated heterocycles. The molecular weight excluding hydrogens is 409 g/mol. The van der Waals surface area contributed by atoms with Gasteiger partial charge < -0.3 is 5.32 Å². The Morgan fingerprint density at radius 3 is 2.48 bits per heavy atom. The van der Waals surface area contributed by atoms with Gasteiger partial charge in [-0.25, -0.2) is 13.8 Å². The van der Waals surface area contributed by atoms with E-state index in [0.717, 1.165) is 12.3 Å². The maximum atomic E-state index is 13.8. The minimum Gasteiger partial charge on any atom is -0.353 e. The summed E-state index contributed by atoms with van der Waals surface area (Å²) in [6, 6.07) is 5.14. The molecule has 1 N–H and O–H groups in total. The molecule has 3 nitrogen and oxygen atoms in total. The van der Waals surface area contributed by atoms with Gasteiger partial charge >= 0.3 is 6.18 Å². The number of pyridine rings is 2. The number of alkyl halides is 3. The van der Waals surface area contributed by atoms with Crippen LogP contribution in [0, 0.1) is 18.6 Å². The SMILES string of the molecule is Cc1nc2c(F)c(F)ccc2cc1Nc1ccnc(C(F)(F)F)c1Br. The number of fused-ring (bicyclic) bond motifs is 1. The van der Waals surface area contributed by atoms with Crippen LogP contribution in [0.15, 0.2) is 34.9 Å². The van der Waals surface area contributed by atoms with Gasteiger partial charge in [-0.15, -0.1) is 0 Å². The fraction of sp³-hybridized carbons (Fsp3) is 0.125. The quantitative estimate of drug-likeness (QED) is 0.540. The zero-order valence-electron chi connectivity index (χ0n) is 12.5. The first-order valence-electron chi connectivity index (χ1n) is 6.92. The highest BCUT2D eigenvalue weighted by Crippen LogP contribution is 2.38. The van der Waals surface area contributed by atoms with Crippen LogP contribution in [-0.2, 0) is 6.18 Å². The van der Waals surface area contributed by atoms with Gasteiger partial charge in [-0.3, -0.25) is 4.98 Å². The van der Waals surface area contributed by atoms with Crippen LogP contribution in [0.4, 0.5) is 33.3 Å². The predicted molar refractivity (Wildman–Crippen MR) is 86.6 cm³/mol. The lowest BCUT2D eigenvalue weighted by molar-refractivity contribution is -0.141. The highest BCUT2D eigenvalue weighted by molar-refractivity contribution is 9.10. The Morgan fingerprint density at radius 2 is 1.80 bits per heavy atom. The summed E-state index contributed by atoms with van der Waals surface area (Å²) in [5.41, 5.74) is -0.438. The van der Waals surface area contributed by atoms with Crippen LogP contribution in [0.5, 0.6) is 0 Å². The number of hydrogen-bond donors (Lipinski definition) is 1. The molecule has 0 amide bonds. The van der Waals surface area contributed by atoms with Gasteiger partial charge in [0.25, 0.3) is 0 Å². The third-order valence-corrected chi connectivity index (χ3v) is 4.30. The Labute approximate surface area is 147 Å². The van der Waals surface area contributed by atoms with Gasteiger partial charge in [0.15, 0.2) is 17.3 Å². The molecule has 0 saturated carbocycles. The van der Waals surface area contributed by atoms with Crippen LogP contribution in [0.1, 0.15) is 11.4 Å². The molecule has 9 heteroatoms. The molecule has 2 aromatic heterocycles. The lowest BCUT2D eigenvalue weighted by Gasteiger charge is -2.15. The van der Waals surface area contributed by atoms with Crippen LogP contribution in [0.25, 0.3) is 10.9 Å². The molecule has 25 heavy (non-hydrogen) atoms. The normalized spacial score (nSPS) is 11.8. The number of benzene rings is 1. The molecule has 3 rings (SSSR count). The Bertz CT molecular complexity index is 972. The first-order valence-corrected chi connectivity index (χ1v) is 7.72. The Kier molecular flexibility index (Phi) is 4.36. The van der Waals surface area contributed by atoms with Crippen molar-refractivity contribution in [2.75, 3.05) is 5.32 Å². The zero-order valence-corrected chi connectivity index (χ0v) is 14.1. The Morgan fingerprint density at radius 1 is 1.08 bits per heavy atom. The fourth-order valence-corrected chi connectivity index (χ4v) is 2.84. The summed E-state index contributed by atoms with van der Waals surface area (Å²) < 4.78 is 65.6. The van der Waals surface area contributed by atoms with E-state index in [-0.39, 0.29) is 15.7 Å². The molecule has 2 heterocycles. The highest BCUT2D eigenvalue weighted by Gasteiger charge is 2.35. The van der Waals surface area contributed by atoms with Crippen molar-refractivity contribution in [2.24, 2.45) is 0 Å². The van der Waals surface area contributed by atoms with Crippen molar-refractivity contribution in [3.63, 3.8) is 0 Å². The summed E-state index contributed by atoms with van der Waals surface area (Å²) in [6.45, 7) is 1.53. The second kappa shape index (κ2) is 6.21. The van der Waals surface area contributed by atoms with E-state index in [1.807, 2.05) is 0 Å². The number of nitrogens with one attached hydrogen (secondary N) is 1. The van der Waals surface area contributed by atoms with E-state index in [1.54, 1.807) is 0 Å². The average molecular weight is 418 g/mol. The van der Waals surface area contributed by atoms with Crippen LogP contribution in [-0.4, -0.2) is 9.97 Å². The van der Waals surface area contributed by atoms with E-state index >= 15 is 0 Å². The van der Waals surface area contributed by atoms with E-state index in [4.69, 9.17) is 0 Å². The molecule has 1 aromatic carbocycles. The fourth-order valence-electron chi connectivity index (χ4n) is 2.28. The van der Waals surface area contributed by atoms with E-state index < -0.39 is 23.5 Å².